The lowest BCUT2D eigenvalue weighted by Crippen LogP contribution is -2.44. The summed E-state index contributed by atoms with van der Waals surface area (Å²) in [6.07, 6.45) is 2.11. The zero-order chi connectivity index (χ0) is 19.5. The molecule has 1 saturated carbocycles. The van der Waals surface area contributed by atoms with Crippen LogP contribution in [0, 0.1) is 0 Å². The molecule has 28 heavy (non-hydrogen) atoms. The first-order valence-corrected chi connectivity index (χ1v) is 9.84. The number of nitrogens with zero attached hydrogens (tertiary/aromatic N) is 2. The highest BCUT2D eigenvalue weighted by Gasteiger charge is 2.23. The third-order valence-corrected chi connectivity index (χ3v) is 5.32. The predicted molar refractivity (Wildman–Crippen MR) is 111 cm³/mol. The molecule has 0 spiro atoms. The van der Waals surface area contributed by atoms with Crippen molar-refractivity contribution in [1.29, 1.82) is 0 Å². The molecule has 146 valence electrons. The molecule has 1 aliphatic heterocycles. The van der Waals surface area contributed by atoms with E-state index in [4.69, 9.17) is 0 Å². The fraction of sp³-hybridized carbons (Fsp3) is 0.364. The zero-order valence-electron chi connectivity index (χ0n) is 16.1. The molecule has 2 aromatic rings. The monoisotopic (exact) mass is 378 g/mol. The first-order chi connectivity index (χ1) is 13.6. The number of likely N-dealkylation sites (N-methyl/N-ethyl adjacent to an activating group) is 1. The Morgan fingerprint density at radius 2 is 1.39 bits per heavy atom. The van der Waals surface area contributed by atoms with Crippen LogP contribution in [-0.2, 0) is 0 Å². The number of nitrogens with one attached hydrogen (secondary N) is 2. The van der Waals surface area contributed by atoms with Crippen molar-refractivity contribution in [2.45, 2.75) is 18.9 Å². The molecular weight excluding hydrogens is 352 g/mol. The second-order valence-corrected chi connectivity index (χ2v) is 7.62. The van der Waals surface area contributed by atoms with Crippen LogP contribution in [0.3, 0.4) is 0 Å². The van der Waals surface area contributed by atoms with E-state index in [1.807, 2.05) is 24.3 Å². The van der Waals surface area contributed by atoms with Crippen LogP contribution in [0.25, 0.3) is 0 Å². The van der Waals surface area contributed by atoms with E-state index in [0.717, 1.165) is 44.7 Å². The summed E-state index contributed by atoms with van der Waals surface area (Å²) < 4.78 is 0. The fourth-order valence-corrected chi connectivity index (χ4v) is 3.29. The lowest BCUT2D eigenvalue weighted by atomic mass is 10.1. The Hall–Kier alpha value is -2.86. The predicted octanol–water partition coefficient (Wildman–Crippen LogP) is 2.58. The van der Waals surface area contributed by atoms with Gasteiger partial charge in [0.2, 0.25) is 0 Å². The highest BCUT2D eigenvalue weighted by Crippen LogP contribution is 2.21. The fourth-order valence-electron chi connectivity index (χ4n) is 3.29. The van der Waals surface area contributed by atoms with Crippen molar-refractivity contribution in [3.63, 3.8) is 0 Å². The molecule has 0 atom stereocenters. The minimum absolute atomic E-state index is 0.0750. The average molecular weight is 378 g/mol. The Labute approximate surface area is 165 Å². The molecule has 0 aromatic heterocycles. The maximum absolute atomic E-state index is 12.5. The SMILES string of the molecule is CN1CCN(c2ccc(NC(=O)c3ccc(C(=O)NC4CC4)cc3)cc2)CC1. The second kappa shape index (κ2) is 8.02. The number of piperazine rings is 1. The number of amides is 2. The molecule has 6 heteroatoms. The third kappa shape index (κ3) is 4.51. The zero-order valence-corrected chi connectivity index (χ0v) is 16.1. The molecule has 0 bridgehead atoms. The van der Waals surface area contributed by atoms with Gasteiger partial charge in [0.25, 0.3) is 11.8 Å². The van der Waals surface area contributed by atoms with E-state index in [2.05, 4.69) is 27.5 Å². The molecule has 2 aromatic carbocycles. The van der Waals surface area contributed by atoms with Crippen LogP contribution in [0.4, 0.5) is 11.4 Å². The van der Waals surface area contributed by atoms with Crippen LogP contribution < -0.4 is 15.5 Å². The van der Waals surface area contributed by atoms with Crippen molar-refractivity contribution in [3.05, 3.63) is 59.7 Å². The average Bonchev–Trinajstić information content (AvgIpc) is 3.53. The second-order valence-electron chi connectivity index (χ2n) is 7.62. The van der Waals surface area contributed by atoms with Gasteiger partial charge in [-0.15, -0.1) is 0 Å². The maximum atomic E-state index is 12.5. The third-order valence-electron chi connectivity index (χ3n) is 5.32. The molecule has 1 saturated heterocycles. The van der Waals surface area contributed by atoms with Crippen molar-refractivity contribution in [3.8, 4) is 0 Å². The summed E-state index contributed by atoms with van der Waals surface area (Å²) in [4.78, 5) is 29.2. The van der Waals surface area contributed by atoms with E-state index in [1.54, 1.807) is 24.3 Å². The lowest BCUT2D eigenvalue weighted by molar-refractivity contribution is 0.0949. The van der Waals surface area contributed by atoms with Crippen LogP contribution in [0.2, 0.25) is 0 Å². The van der Waals surface area contributed by atoms with E-state index in [9.17, 15) is 9.59 Å². The minimum Gasteiger partial charge on any atom is -0.369 e. The summed E-state index contributed by atoms with van der Waals surface area (Å²) in [7, 11) is 2.14. The number of benzene rings is 2. The number of carbonyl (C=O) groups is 2. The van der Waals surface area contributed by atoms with Gasteiger partial charge in [-0.05, 0) is 68.4 Å². The molecule has 0 unspecified atom stereocenters. The smallest absolute Gasteiger partial charge is 0.255 e. The Morgan fingerprint density at radius 1 is 0.821 bits per heavy atom. The van der Waals surface area contributed by atoms with Crippen LogP contribution in [0.5, 0.6) is 0 Å². The standard InChI is InChI=1S/C22H26N4O2/c1-25-12-14-26(15-13-25)20-10-8-19(9-11-20)24-22(28)17-4-2-16(3-5-17)21(27)23-18-6-7-18/h2-5,8-11,18H,6-7,12-15H2,1H3,(H,23,27)(H,24,28). The molecule has 0 radical (unpaired) electrons. The molecule has 6 nitrogen and oxygen atoms in total. The van der Waals surface area contributed by atoms with Gasteiger partial charge in [0, 0.05) is 54.7 Å². The van der Waals surface area contributed by atoms with Crippen LogP contribution in [0.1, 0.15) is 33.6 Å². The number of rotatable bonds is 5. The Morgan fingerprint density at radius 3 is 1.96 bits per heavy atom. The summed E-state index contributed by atoms with van der Waals surface area (Å²) in [5.74, 6) is -0.254. The van der Waals surface area contributed by atoms with E-state index >= 15 is 0 Å². The van der Waals surface area contributed by atoms with Crippen molar-refractivity contribution in [2.75, 3.05) is 43.4 Å². The number of hydrogen-bond acceptors (Lipinski definition) is 4. The summed E-state index contributed by atoms with van der Waals surface area (Å²) in [6.45, 7) is 4.16. The topological polar surface area (TPSA) is 64.7 Å². The summed E-state index contributed by atoms with van der Waals surface area (Å²) in [5.41, 5.74) is 3.06. The Bertz CT molecular complexity index is 836. The highest BCUT2D eigenvalue weighted by atomic mass is 16.2. The van der Waals surface area contributed by atoms with Gasteiger partial charge in [-0.25, -0.2) is 0 Å². The van der Waals surface area contributed by atoms with Gasteiger partial charge in [0.05, 0.1) is 0 Å². The molecule has 2 amide bonds. The first kappa shape index (κ1) is 18.5. The van der Waals surface area contributed by atoms with Gasteiger partial charge in [-0.2, -0.15) is 0 Å². The molecular formula is C22H26N4O2. The van der Waals surface area contributed by atoms with Gasteiger partial charge in [0.15, 0.2) is 0 Å². The molecule has 1 heterocycles. The van der Waals surface area contributed by atoms with E-state index < -0.39 is 0 Å². The van der Waals surface area contributed by atoms with Gasteiger partial charge in [0.1, 0.15) is 0 Å². The van der Waals surface area contributed by atoms with Gasteiger partial charge < -0.3 is 20.4 Å². The van der Waals surface area contributed by atoms with Crippen molar-refractivity contribution in [1.82, 2.24) is 10.2 Å². The first-order valence-electron chi connectivity index (χ1n) is 9.84. The quantitative estimate of drug-likeness (QED) is 0.839. The van der Waals surface area contributed by atoms with Gasteiger partial charge >= 0.3 is 0 Å². The summed E-state index contributed by atoms with van der Waals surface area (Å²) >= 11 is 0. The summed E-state index contributed by atoms with van der Waals surface area (Å²) in [5, 5.41) is 5.87. The molecule has 2 fully saturated rings. The molecule has 4 rings (SSSR count). The molecule has 2 aliphatic rings. The van der Waals surface area contributed by atoms with Crippen molar-refractivity contribution >= 4 is 23.2 Å². The normalized spacial score (nSPS) is 17.2. The summed E-state index contributed by atoms with van der Waals surface area (Å²) in [6, 6.07) is 15.1. The number of hydrogen-bond donors (Lipinski definition) is 2. The van der Waals surface area contributed by atoms with Crippen molar-refractivity contribution in [2.24, 2.45) is 0 Å². The Kier molecular flexibility index (Phi) is 5.30. The Balaban J connectivity index is 1.34. The molecule has 2 N–H and O–H groups in total. The number of anilines is 2. The lowest BCUT2D eigenvalue weighted by Gasteiger charge is -2.34. The highest BCUT2D eigenvalue weighted by molar-refractivity contribution is 6.05. The van der Waals surface area contributed by atoms with E-state index in [-0.39, 0.29) is 11.8 Å². The number of carbonyl (C=O) groups excluding carboxylic acids is 2. The van der Waals surface area contributed by atoms with Crippen molar-refractivity contribution < 1.29 is 9.59 Å². The molecule has 1 aliphatic carbocycles. The van der Waals surface area contributed by atoms with Crippen LogP contribution in [0.15, 0.2) is 48.5 Å². The van der Waals surface area contributed by atoms with E-state index in [1.165, 1.54) is 5.69 Å². The van der Waals surface area contributed by atoms with Crippen LogP contribution >= 0.6 is 0 Å². The van der Waals surface area contributed by atoms with Crippen LogP contribution in [-0.4, -0.2) is 56.0 Å². The largest absolute Gasteiger partial charge is 0.369 e. The van der Waals surface area contributed by atoms with Gasteiger partial charge in [-0.3, -0.25) is 9.59 Å². The minimum atomic E-state index is -0.179. The van der Waals surface area contributed by atoms with Gasteiger partial charge in [-0.1, -0.05) is 0 Å². The maximum Gasteiger partial charge on any atom is 0.255 e. The van der Waals surface area contributed by atoms with E-state index in [0.29, 0.717) is 17.2 Å².